The first-order valence-electron chi connectivity index (χ1n) is 8.06. The molecule has 3 N–H and O–H groups in total. The van der Waals surface area contributed by atoms with Crippen molar-refractivity contribution in [3.63, 3.8) is 0 Å². The molecular formula is C19H20N2O6. The third-order valence-electron chi connectivity index (χ3n) is 3.45. The Morgan fingerprint density at radius 2 is 1.56 bits per heavy atom. The van der Waals surface area contributed by atoms with E-state index in [-0.39, 0.29) is 12.2 Å². The van der Waals surface area contributed by atoms with Crippen molar-refractivity contribution in [2.75, 3.05) is 20.3 Å². The highest BCUT2D eigenvalue weighted by atomic mass is 16.5. The number of nitrogens with two attached hydrogens (primary N) is 1. The molecule has 2 amide bonds. The van der Waals surface area contributed by atoms with Gasteiger partial charge in [-0.1, -0.05) is 12.1 Å². The molecule has 0 aliphatic rings. The molecule has 0 fully saturated rings. The maximum absolute atomic E-state index is 11.9. The summed E-state index contributed by atoms with van der Waals surface area (Å²) in [4.78, 5) is 34.4. The molecule has 0 heterocycles. The van der Waals surface area contributed by atoms with Gasteiger partial charge in [-0.2, -0.15) is 0 Å². The number of carbonyl (C=O) groups excluding carboxylic acids is 3. The van der Waals surface area contributed by atoms with Crippen LogP contribution in [-0.4, -0.2) is 38.1 Å². The standard InChI is InChI=1S/C19H20N2O6/c1-25-15-6-2-13(3-7-15)10-21-18(23)12-27-19(24)14-4-8-16(9-5-14)26-11-17(20)22/h2-9H,10-12H2,1H3,(H2,20,22)(H,21,23). The van der Waals surface area contributed by atoms with Crippen LogP contribution in [0.2, 0.25) is 0 Å². The third-order valence-corrected chi connectivity index (χ3v) is 3.45. The van der Waals surface area contributed by atoms with Gasteiger partial charge in [-0.05, 0) is 42.0 Å². The molecule has 0 saturated heterocycles. The van der Waals surface area contributed by atoms with Crippen molar-refractivity contribution in [3.05, 3.63) is 59.7 Å². The number of hydrogen-bond donors (Lipinski definition) is 2. The Kier molecular flexibility index (Phi) is 7.18. The molecule has 0 unspecified atom stereocenters. The first-order chi connectivity index (χ1) is 13.0. The van der Waals surface area contributed by atoms with Crippen molar-refractivity contribution < 1.29 is 28.6 Å². The number of rotatable bonds is 9. The summed E-state index contributed by atoms with van der Waals surface area (Å²) in [5.74, 6) is -0.539. The number of nitrogens with one attached hydrogen (secondary N) is 1. The van der Waals surface area contributed by atoms with Gasteiger partial charge in [0.1, 0.15) is 11.5 Å². The summed E-state index contributed by atoms with van der Waals surface area (Å²) in [6.07, 6.45) is 0. The molecule has 0 radical (unpaired) electrons. The number of esters is 1. The van der Waals surface area contributed by atoms with Gasteiger partial charge in [-0.25, -0.2) is 4.79 Å². The second kappa shape index (κ2) is 9.81. The molecular weight excluding hydrogens is 352 g/mol. The van der Waals surface area contributed by atoms with Crippen LogP contribution in [0.5, 0.6) is 11.5 Å². The molecule has 0 spiro atoms. The largest absolute Gasteiger partial charge is 0.497 e. The molecule has 8 nitrogen and oxygen atoms in total. The topological polar surface area (TPSA) is 117 Å². The molecule has 8 heteroatoms. The number of amides is 2. The monoisotopic (exact) mass is 372 g/mol. The van der Waals surface area contributed by atoms with Gasteiger partial charge in [0.25, 0.3) is 11.8 Å². The Labute approximate surface area is 156 Å². The average molecular weight is 372 g/mol. The molecule has 0 aromatic heterocycles. The van der Waals surface area contributed by atoms with Crippen molar-refractivity contribution in [2.45, 2.75) is 6.54 Å². The lowest BCUT2D eigenvalue weighted by Crippen LogP contribution is -2.28. The summed E-state index contributed by atoms with van der Waals surface area (Å²) in [6.45, 7) is -0.334. The van der Waals surface area contributed by atoms with Gasteiger partial charge in [0, 0.05) is 6.54 Å². The van der Waals surface area contributed by atoms with Crippen LogP contribution in [-0.2, 0) is 20.9 Å². The van der Waals surface area contributed by atoms with Crippen molar-refractivity contribution in [1.29, 1.82) is 0 Å². The van der Waals surface area contributed by atoms with Crippen LogP contribution >= 0.6 is 0 Å². The third kappa shape index (κ3) is 6.69. The van der Waals surface area contributed by atoms with Gasteiger partial charge in [0.2, 0.25) is 0 Å². The second-order valence-electron chi connectivity index (χ2n) is 5.48. The second-order valence-corrected chi connectivity index (χ2v) is 5.48. The molecule has 2 aromatic rings. The molecule has 2 aromatic carbocycles. The number of primary amides is 1. The summed E-state index contributed by atoms with van der Waals surface area (Å²) in [7, 11) is 1.58. The Morgan fingerprint density at radius 1 is 0.926 bits per heavy atom. The molecule has 0 saturated carbocycles. The van der Waals surface area contributed by atoms with Gasteiger partial charge in [0.05, 0.1) is 12.7 Å². The van der Waals surface area contributed by atoms with E-state index in [1.165, 1.54) is 24.3 Å². The summed E-state index contributed by atoms with van der Waals surface area (Å²) in [6, 6.07) is 13.2. The minimum absolute atomic E-state index is 0.252. The van der Waals surface area contributed by atoms with Crippen LogP contribution in [0, 0.1) is 0 Å². The van der Waals surface area contributed by atoms with E-state index >= 15 is 0 Å². The maximum Gasteiger partial charge on any atom is 0.338 e. The first kappa shape index (κ1) is 19.8. The minimum Gasteiger partial charge on any atom is -0.497 e. The maximum atomic E-state index is 11.9. The van der Waals surface area contributed by atoms with E-state index in [4.69, 9.17) is 19.9 Å². The zero-order chi connectivity index (χ0) is 19.6. The van der Waals surface area contributed by atoms with E-state index in [0.717, 1.165) is 11.3 Å². The molecule has 0 aliphatic heterocycles. The van der Waals surface area contributed by atoms with Crippen molar-refractivity contribution in [3.8, 4) is 11.5 Å². The van der Waals surface area contributed by atoms with E-state index in [1.54, 1.807) is 19.2 Å². The van der Waals surface area contributed by atoms with Gasteiger partial charge in [0.15, 0.2) is 13.2 Å². The zero-order valence-corrected chi connectivity index (χ0v) is 14.8. The Balaban J connectivity index is 1.75. The molecule has 27 heavy (non-hydrogen) atoms. The number of hydrogen-bond acceptors (Lipinski definition) is 6. The molecule has 0 bridgehead atoms. The SMILES string of the molecule is COc1ccc(CNC(=O)COC(=O)c2ccc(OCC(N)=O)cc2)cc1. The van der Waals surface area contributed by atoms with E-state index in [1.807, 2.05) is 12.1 Å². The Hall–Kier alpha value is -3.55. The van der Waals surface area contributed by atoms with Gasteiger partial charge >= 0.3 is 5.97 Å². The summed E-state index contributed by atoms with van der Waals surface area (Å²) < 4.78 is 15.1. The van der Waals surface area contributed by atoms with Gasteiger partial charge in [-0.3, -0.25) is 9.59 Å². The highest BCUT2D eigenvalue weighted by Gasteiger charge is 2.10. The lowest BCUT2D eigenvalue weighted by Gasteiger charge is -2.08. The van der Waals surface area contributed by atoms with Crippen LogP contribution in [0.15, 0.2) is 48.5 Å². The number of carbonyl (C=O) groups is 3. The molecule has 0 atom stereocenters. The first-order valence-corrected chi connectivity index (χ1v) is 8.06. The number of benzene rings is 2. The van der Waals surface area contributed by atoms with E-state index in [9.17, 15) is 14.4 Å². The highest BCUT2D eigenvalue weighted by molar-refractivity contribution is 5.91. The zero-order valence-electron chi connectivity index (χ0n) is 14.8. The van der Waals surface area contributed by atoms with Crippen molar-refractivity contribution in [2.24, 2.45) is 5.73 Å². The lowest BCUT2D eigenvalue weighted by molar-refractivity contribution is -0.124. The van der Waals surface area contributed by atoms with Crippen molar-refractivity contribution >= 4 is 17.8 Å². The predicted octanol–water partition coefficient (Wildman–Crippen LogP) is 1.03. The average Bonchev–Trinajstić information content (AvgIpc) is 2.69. The normalized spacial score (nSPS) is 9.96. The smallest absolute Gasteiger partial charge is 0.338 e. The van der Waals surface area contributed by atoms with E-state index in [2.05, 4.69) is 5.32 Å². The Bertz CT molecular complexity index is 787. The number of ether oxygens (including phenoxy) is 3. The minimum atomic E-state index is -0.643. The fourth-order valence-corrected chi connectivity index (χ4v) is 2.05. The molecule has 142 valence electrons. The Morgan fingerprint density at radius 3 is 2.15 bits per heavy atom. The van der Waals surface area contributed by atoms with E-state index in [0.29, 0.717) is 12.3 Å². The fraction of sp³-hybridized carbons (Fsp3) is 0.211. The molecule has 0 aliphatic carbocycles. The predicted molar refractivity (Wildman–Crippen MR) is 96.3 cm³/mol. The van der Waals surface area contributed by atoms with Crippen LogP contribution < -0.4 is 20.5 Å². The van der Waals surface area contributed by atoms with Gasteiger partial charge < -0.3 is 25.3 Å². The lowest BCUT2D eigenvalue weighted by atomic mass is 10.2. The summed E-state index contributed by atoms with van der Waals surface area (Å²) in [5.41, 5.74) is 6.12. The quantitative estimate of drug-likeness (QED) is 0.635. The highest BCUT2D eigenvalue weighted by Crippen LogP contribution is 2.13. The van der Waals surface area contributed by atoms with Crippen LogP contribution in [0.4, 0.5) is 0 Å². The van der Waals surface area contributed by atoms with Gasteiger partial charge in [-0.15, -0.1) is 0 Å². The fourth-order valence-electron chi connectivity index (χ4n) is 2.05. The van der Waals surface area contributed by atoms with Crippen LogP contribution in [0.25, 0.3) is 0 Å². The van der Waals surface area contributed by atoms with Crippen LogP contribution in [0.3, 0.4) is 0 Å². The summed E-state index contributed by atoms with van der Waals surface area (Å²) >= 11 is 0. The molecule has 2 rings (SSSR count). The van der Waals surface area contributed by atoms with E-state index < -0.39 is 24.4 Å². The van der Waals surface area contributed by atoms with Crippen molar-refractivity contribution in [1.82, 2.24) is 5.32 Å². The number of methoxy groups -OCH3 is 1. The van der Waals surface area contributed by atoms with Crippen LogP contribution in [0.1, 0.15) is 15.9 Å². The summed E-state index contributed by atoms with van der Waals surface area (Å²) in [5, 5.41) is 2.66.